The number of fused-ring (bicyclic) bond motifs is 16. The van der Waals surface area contributed by atoms with Gasteiger partial charge in [-0.15, -0.1) is 22.1 Å². The summed E-state index contributed by atoms with van der Waals surface area (Å²) in [4.78, 5) is 42.2. The molecular weight excluding hydrogens is 1160 g/mol. The van der Waals surface area contributed by atoms with Gasteiger partial charge >= 0.3 is 16.5 Å². The van der Waals surface area contributed by atoms with Gasteiger partial charge in [-0.3, -0.25) is 0 Å². The topological polar surface area (TPSA) is 111 Å². The smallest absolute Gasteiger partial charge is 0.657 e. The summed E-state index contributed by atoms with van der Waals surface area (Å²) in [6.07, 6.45) is 17.1. The minimum absolute atomic E-state index is 0. The molecule has 17 rings (SSSR count). The molecule has 0 saturated heterocycles. The van der Waals surface area contributed by atoms with Crippen LogP contribution in [-0.2, 0) is 16.5 Å². The van der Waals surface area contributed by atoms with Gasteiger partial charge in [-0.1, -0.05) is 237 Å². The van der Waals surface area contributed by atoms with E-state index in [2.05, 4.69) is 295 Å². The Kier molecular flexibility index (Phi) is 13.8. The van der Waals surface area contributed by atoms with Crippen LogP contribution in [0, 0.1) is 0 Å². The van der Waals surface area contributed by atoms with Gasteiger partial charge in [0.05, 0.1) is 51.1 Å². The fourth-order valence-corrected chi connectivity index (χ4v) is 13.2. The molecule has 2 N–H and O–H groups in total. The van der Waals surface area contributed by atoms with Gasteiger partial charge in [-0.2, -0.15) is 0 Å². The molecule has 0 amide bonds. The maximum absolute atomic E-state index is 5.79. The van der Waals surface area contributed by atoms with E-state index in [0.29, 0.717) is 0 Å². The van der Waals surface area contributed by atoms with Crippen LogP contribution in [0.3, 0.4) is 0 Å². The van der Waals surface area contributed by atoms with Gasteiger partial charge in [0.15, 0.2) is 0 Å². The first-order chi connectivity index (χ1) is 44.6. The van der Waals surface area contributed by atoms with E-state index in [4.69, 9.17) is 29.9 Å². The molecule has 9 heteroatoms. The fraction of sp³-hybridized carbons (Fsp3) is 0. The van der Waals surface area contributed by atoms with Crippen LogP contribution in [-0.4, -0.2) is 29.9 Å². The first-order valence-corrected chi connectivity index (χ1v) is 30.3. The van der Waals surface area contributed by atoms with Crippen molar-refractivity contribution >= 4 is 92.7 Å². The van der Waals surface area contributed by atoms with E-state index in [-0.39, 0.29) is 16.5 Å². The molecular formula is C82H52N8Ni. The second-order valence-corrected chi connectivity index (χ2v) is 22.6. The van der Waals surface area contributed by atoms with E-state index in [9.17, 15) is 0 Å². The first kappa shape index (κ1) is 54.6. The summed E-state index contributed by atoms with van der Waals surface area (Å²) in [5.74, 6) is 0. The Balaban J connectivity index is 0.00000661. The van der Waals surface area contributed by atoms with Crippen LogP contribution in [0.4, 0.5) is 0 Å². The predicted octanol–water partition coefficient (Wildman–Crippen LogP) is 20.2. The van der Waals surface area contributed by atoms with E-state index >= 15 is 0 Å². The Bertz CT molecular complexity index is 5450. The van der Waals surface area contributed by atoms with E-state index in [0.717, 1.165) is 179 Å². The van der Waals surface area contributed by atoms with Crippen LogP contribution < -0.4 is 9.97 Å². The van der Waals surface area contributed by atoms with E-state index < -0.39 is 0 Å². The third-order valence-corrected chi connectivity index (χ3v) is 17.2. The fourth-order valence-electron chi connectivity index (χ4n) is 13.2. The van der Waals surface area contributed by atoms with Gasteiger partial charge in [0.25, 0.3) is 0 Å². The van der Waals surface area contributed by atoms with Crippen molar-refractivity contribution < 1.29 is 16.5 Å². The SMILES string of the molecule is C1=Cc2nc1c(-c1ccccc1)c1ccc([n-]1)c(-c1ccccc1)c1nc(c(-c3cc4[nH]c3c(-c3ccccc3)c3nc(c(-c5ccccc5)c5ccc([nH]5)c(-c5ccccc5)c5nc(c4-c4ccccc4)C=C5)C=C3)c3ccc([n-]3)c2-c2ccccc2)C=C1.[Ni+2]. The molecule has 0 fully saturated rings. The number of hydrogen-bond acceptors (Lipinski definition) is 4. The molecule has 10 heterocycles. The van der Waals surface area contributed by atoms with Crippen molar-refractivity contribution in [3.05, 3.63) is 300 Å². The number of nitrogens with zero attached hydrogens (tertiary/aromatic N) is 6. The number of H-pyrrole nitrogens is 2. The minimum Gasteiger partial charge on any atom is -0.657 e. The molecule has 16 bridgehead atoms. The van der Waals surface area contributed by atoms with Crippen molar-refractivity contribution in [2.45, 2.75) is 0 Å². The van der Waals surface area contributed by atoms with E-state index in [1.54, 1.807) is 0 Å². The molecule has 6 aromatic heterocycles. The van der Waals surface area contributed by atoms with E-state index in [1.807, 2.05) is 18.2 Å². The molecule has 13 aromatic rings. The third kappa shape index (κ3) is 9.81. The van der Waals surface area contributed by atoms with Crippen molar-refractivity contribution in [3.8, 4) is 89.0 Å². The minimum atomic E-state index is 0. The molecule has 91 heavy (non-hydrogen) atoms. The van der Waals surface area contributed by atoms with Gasteiger partial charge in [-0.25, -0.2) is 19.9 Å². The van der Waals surface area contributed by atoms with Crippen molar-refractivity contribution in [1.29, 1.82) is 0 Å². The van der Waals surface area contributed by atoms with Crippen molar-refractivity contribution in [3.63, 3.8) is 0 Å². The zero-order valence-electron chi connectivity index (χ0n) is 48.9. The number of aromatic nitrogens is 8. The molecule has 8 nitrogen and oxygen atoms in total. The summed E-state index contributed by atoms with van der Waals surface area (Å²) in [5.41, 5.74) is 28.3. The van der Waals surface area contributed by atoms with Crippen molar-refractivity contribution in [1.82, 2.24) is 39.9 Å². The van der Waals surface area contributed by atoms with Crippen molar-refractivity contribution in [2.75, 3.05) is 0 Å². The molecule has 0 aliphatic carbocycles. The first-order valence-electron chi connectivity index (χ1n) is 30.3. The largest absolute Gasteiger partial charge is 2.00 e. The Morgan fingerprint density at radius 2 is 0.462 bits per heavy atom. The van der Waals surface area contributed by atoms with Gasteiger partial charge in [0, 0.05) is 44.4 Å². The summed E-state index contributed by atoms with van der Waals surface area (Å²) in [6, 6.07) is 88.8. The van der Waals surface area contributed by atoms with Crippen LogP contribution in [0.25, 0.3) is 182 Å². The maximum atomic E-state index is 5.79. The van der Waals surface area contributed by atoms with Crippen LogP contribution in [0.1, 0.15) is 45.6 Å². The standard InChI is InChI=1S/C82H52N8.Ni/c1-8-22-51(23-9-1)74-59-37-40-63(84-59)77(54-28-14-4-15-29-54)67-45-48-71(88-67)81(72-49-46-68(89-72)78(55-30-16-5-17-31-55)64-41-38-60(74)85-64)58-50-73-79(56-32-18-6-19-33-56)69-43-42-65(86-69)75(52-24-10-2-11-25-52)61-36-39-62(83-61)76(53-26-12-3-13-27-53)66-44-47-70(87-66)80(82(58)90-73)57-34-20-7-21-35-57;/h1-50,83,90H;/q-2;+2. The van der Waals surface area contributed by atoms with Crippen LogP contribution in [0.5, 0.6) is 0 Å². The molecule has 7 aromatic carbocycles. The van der Waals surface area contributed by atoms with E-state index in [1.165, 1.54) is 0 Å². The molecule has 4 aliphatic rings. The molecule has 4 aliphatic heterocycles. The Morgan fingerprint density at radius 3 is 0.780 bits per heavy atom. The van der Waals surface area contributed by atoms with Gasteiger partial charge in [0.2, 0.25) is 0 Å². The molecule has 0 atom stereocenters. The number of aromatic amines is 2. The quantitative estimate of drug-likeness (QED) is 0.147. The molecule has 0 spiro atoms. The Morgan fingerprint density at radius 1 is 0.220 bits per heavy atom. The number of benzene rings is 7. The summed E-state index contributed by atoms with van der Waals surface area (Å²) in [5, 5.41) is 0. The number of rotatable bonds is 8. The van der Waals surface area contributed by atoms with Gasteiger partial charge < -0.3 is 19.9 Å². The number of nitrogens with one attached hydrogen (secondary N) is 2. The summed E-state index contributed by atoms with van der Waals surface area (Å²) in [6.45, 7) is 0. The zero-order chi connectivity index (χ0) is 59.5. The normalized spacial score (nSPS) is 12.1. The van der Waals surface area contributed by atoms with Crippen LogP contribution in [0.15, 0.2) is 255 Å². The monoisotopic (exact) mass is 1210 g/mol. The molecule has 0 unspecified atom stereocenters. The van der Waals surface area contributed by atoms with Crippen LogP contribution in [0.2, 0.25) is 0 Å². The van der Waals surface area contributed by atoms with Gasteiger partial charge in [-0.05, 0) is 128 Å². The second kappa shape index (κ2) is 23.1. The summed E-state index contributed by atoms with van der Waals surface area (Å²) in [7, 11) is 0. The Labute approximate surface area is 535 Å². The Hall–Kier alpha value is -11.8. The zero-order valence-corrected chi connectivity index (χ0v) is 49.9. The number of hydrogen-bond donors (Lipinski definition) is 2. The summed E-state index contributed by atoms with van der Waals surface area (Å²) >= 11 is 0. The van der Waals surface area contributed by atoms with Gasteiger partial charge in [0.1, 0.15) is 0 Å². The molecule has 0 saturated carbocycles. The summed E-state index contributed by atoms with van der Waals surface area (Å²) < 4.78 is 0. The third-order valence-electron chi connectivity index (χ3n) is 17.2. The second-order valence-electron chi connectivity index (χ2n) is 22.6. The molecule has 430 valence electrons. The predicted molar refractivity (Wildman–Crippen MR) is 373 cm³/mol. The average Bonchev–Trinajstić information content (AvgIpc) is 1.73. The molecule has 0 radical (unpaired) electrons. The van der Waals surface area contributed by atoms with Crippen LogP contribution >= 0.6 is 0 Å². The average molecular weight is 1210 g/mol. The van der Waals surface area contributed by atoms with Crippen molar-refractivity contribution in [2.24, 2.45) is 0 Å². The maximum Gasteiger partial charge on any atom is 2.00 e.